The lowest BCUT2D eigenvalue weighted by atomic mass is 9.94. The first kappa shape index (κ1) is 19.2. The van der Waals surface area contributed by atoms with E-state index in [9.17, 15) is 4.79 Å². The van der Waals surface area contributed by atoms with Gasteiger partial charge in [0.15, 0.2) is 5.60 Å². The predicted molar refractivity (Wildman–Crippen MR) is 109 cm³/mol. The number of rotatable bonds is 4. The van der Waals surface area contributed by atoms with E-state index in [1.165, 1.54) is 0 Å². The Balaban J connectivity index is 1.55. The van der Waals surface area contributed by atoms with Crippen LogP contribution in [-0.4, -0.2) is 52.2 Å². The topological polar surface area (TPSA) is 50.6 Å². The van der Waals surface area contributed by atoms with E-state index in [4.69, 9.17) is 4.74 Å². The third kappa shape index (κ3) is 3.71. The normalized spacial score (nSPS) is 24.1. The number of imidazole rings is 1. The maximum atomic E-state index is 13.6. The van der Waals surface area contributed by atoms with Crippen LogP contribution in [0.5, 0.6) is 0 Å². The van der Waals surface area contributed by atoms with Crippen LogP contribution in [0.4, 0.5) is 5.69 Å². The van der Waals surface area contributed by atoms with Gasteiger partial charge in [0, 0.05) is 43.8 Å². The van der Waals surface area contributed by atoms with Crippen LogP contribution in [-0.2, 0) is 16.1 Å². The second-order valence-corrected chi connectivity index (χ2v) is 8.15. The first-order chi connectivity index (χ1) is 13.6. The molecule has 0 aliphatic carbocycles. The minimum atomic E-state index is -0.750. The minimum absolute atomic E-state index is 0.105. The summed E-state index contributed by atoms with van der Waals surface area (Å²) in [5, 5.41) is 0. The Labute approximate surface area is 167 Å². The van der Waals surface area contributed by atoms with Crippen LogP contribution in [0.1, 0.15) is 45.0 Å². The molecule has 0 N–H and O–H groups in total. The molecule has 6 nitrogen and oxygen atoms in total. The van der Waals surface area contributed by atoms with Gasteiger partial charge in [-0.15, -0.1) is 0 Å². The van der Waals surface area contributed by atoms with Crippen molar-refractivity contribution in [2.75, 3.05) is 31.1 Å². The largest absolute Gasteiger partial charge is 0.362 e. The van der Waals surface area contributed by atoms with Crippen molar-refractivity contribution >= 4 is 11.6 Å². The molecule has 1 unspecified atom stereocenters. The fraction of sp³-hybridized carbons (Fsp3) is 0.545. The zero-order valence-corrected chi connectivity index (χ0v) is 16.9. The molecule has 150 valence electrons. The van der Waals surface area contributed by atoms with Crippen molar-refractivity contribution < 1.29 is 9.53 Å². The van der Waals surface area contributed by atoms with Gasteiger partial charge in [-0.25, -0.2) is 4.98 Å². The van der Waals surface area contributed by atoms with Gasteiger partial charge in [-0.05, 0) is 45.2 Å². The maximum Gasteiger partial charge on any atom is 0.260 e. The summed E-state index contributed by atoms with van der Waals surface area (Å²) in [5.41, 5.74) is 0.213. The fourth-order valence-corrected chi connectivity index (χ4v) is 4.40. The minimum Gasteiger partial charge on any atom is -0.362 e. The first-order valence-electron chi connectivity index (χ1n) is 10.3. The summed E-state index contributed by atoms with van der Waals surface area (Å²) in [4.78, 5) is 22.4. The van der Waals surface area contributed by atoms with Crippen LogP contribution in [0, 0.1) is 0 Å². The standard InChI is InChI=1S/C22H30N4O2/c1-18(2)25-13-11-23-20(25)16-24-14-15-28-22(17-24)10-6-7-12-26(21(22)27)19-8-4-3-5-9-19/h3-5,8-9,11,13,18H,6-7,10,12,14-17H2,1-2H3. The Morgan fingerprint density at radius 3 is 2.79 bits per heavy atom. The van der Waals surface area contributed by atoms with Gasteiger partial charge >= 0.3 is 0 Å². The molecule has 1 aromatic carbocycles. The molecule has 28 heavy (non-hydrogen) atoms. The average molecular weight is 383 g/mol. The zero-order valence-electron chi connectivity index (χ0n) is 16.9. The molecule has 1 atom stereocenters. The van der Waals surface area contributed by atoms with Crippen LogP contribution in [0.3, 0.4) is 0 Å². The van der Waals surface area contributed by atoms with Crippen molar-refractivity contribution in [2.24, 2.45) is 0 Å². The summed E-state index contributed by atoms with van der Waals surface area (Å²) in [5.74, 6) is 1.15. The molecule has 6 heteroatoms. The molecule has 4 rings (SSSR count). The summed E-state index contributed by atoms with van der Waals surface area (Å²) in [7, 11) is 0. The summed E-state index contributed by atoms with van der Waals surface area (Å²) < 4.78 is 8.42. The third-order valence-corrected chi connectivity index (χ3v) is 5.85. The number of benzene rings is 1. The third-order valence-electron chi connectivity index (χ3n) is 5.85. The van der Waals surface area contributed by atoms with Gasteiger partial charge in [-0.2, -0.15) is 0 Å². The molecular formula is C22H30N4O2. The fourth-order valence-electron chi connectivity index (χ4n) is 4.40. The summed E-state index contributed by atoms with van der Waals surface area (Å²) in [6.45, 7) is 7.86. The van der Waals surface area contributed by atoms with Gasteiger partial charge in [-0.1, -0.05) is 18.2 Å². The molecule has 2 aliphatic heterocycles. The molecule has 0 saturated carbocycles. The van der Waals surface area contributed by atoms with E-state index in [0.717, 1.165) is 50.4 Å². The number of hydrogen-bond acceptors (Lipinski definition) is 4. The zero-order chi connectivity index (χ0) is 19.6. The number of ether oxygens (including phenoxy) is 1. The molecule has 1 spiro atoms. The van der Waals surface area contributed by atoms with Gasteiger partial charge in [0.2, 0.25) is 0 Å². The van der Waals surface area contributed by atoms with E-state index >= 15 is 0 Å². The van der Waals surface area contributed by atoms with Crippen molar-refractivity contribution in [2.45, 2.75) is 51.3 Å². The van der Waals surface area contributed by atoms with Crippen LogP contribution >= 0.6 is 0 Å². The van der Waals surface area contributed by atoms with Gasteiger partial charge in [0.25, 0.3) is 5.91 Å². The summed E-state index contributed by atoms with van der Waals surface area (Å²) in [6.07, 6.45) is 6.68. The van der Waals surface area contributed by atoms with Gasteiger partial charge < -0.3 is 14.2 Å². The monoisotopic (exact) mass is 382 g/mol. The van der Waals surface area contributed by atoms with Gasteiger partial charge in [0.05, 0.1) is 13.2 Å². The molecule has 0 bridgehead atoms. The molecule has 0 radical (unpaired) electrons. The molecule has 3 heterocycles. The Morgan fingerprint density at radius 1 is 1.18 bits per heavy atom. The summed E-state index contributed by atoms with van der Waals surface area (Å²) in [6, 6.07) is 10.4. The van der Waals surface area contributed by atoms with E-state index < -0.39 is 5.60 Å². The molecule has 2 aliphatic rings. The van der Waals surface area contributed by atoms with Crippen LogP contribution < -0.4 is 4.90 Å². The number of amides is 1. The number of para-hydroxylation sites is 1. The molecule has 2 fully saturated rings. The van der Waals surface area contributed by atoms with E-state index in [1.54, 1.807) is 0 Å². The number of anilines is 1. The van der Waals surface area contributed by atoms with Crippen molar-refractivity contribution in [3.05, 3.63) is 48.5 Å². The van der Waals surface area contributed by atoms with Crippen LogP contribution in [0.25, 0.3) is 0 Å². The second-order valence-electron chi connectivity index (χ2n) is 8.15. The molecule has 1 aromatic heterocycles. The van der Waals surface area contributed by atoms with Crippen molar-refractivity contribution in [3.63, 3.8) is 0 Å². The van der Waals surface area contributed by atoms with Crippen molar-refractivity contribution in [1.29, 1.82) is 0 Å². The van der Waals surface area contributed by atoms with E-state index in [0.29, 0.717) is 19.2 Å². The lowest BCUT2D eigenvalue weighted by Crippen LogP contribution is -2.60. The highest BCUT2D eigenvalue weighted by molar-refractivity contribution is 6.00. The van der Waals surface area contributed by atoms with Crippen molar-refractivity contribution in [3.8, 4) is 0 Å². The van der Waals surface area contributed by atoms with Gasteiger partial charge in [-0.3, -0.25) is 9.69 Å². The highest BCUT2D eigenvalue weighted by Gasteiger charge is 2.47. The van der Waals surface area contributed by atoms with Crippen molar-refractivity contribution in [1.82, 2.24) is 14.5 Å². The number of carbonyl (C=O) groups is 1. The molecular weight excluding hydrogens is 352 g/mol. The molecule has 1 amide bonds. The quantitative estimate of drug-likeness (QED) is 0.815. The average Bonchev–Trinajstić information content (AvgIpc) is 3.11. The van der Waals surface area contributed by atoms with E-state index in [2.05, 4.69) is 28.3 Å². The maximum absolute atomic E-state index is 13.6. The molecule has 2 aromatic rings. The number of nitrogens with zero attached hydrogens (tertiary/aromatic N) is 4. The number of morpholine rings is 1. The Kier molecular flexibility index (Phi) is 5.51. The van der Waals surface area contributed by atoms with Crippen LogP contribution in [0.2, 0.25) is 0 Å². The second kappa shape index (κ2) is 8.05. The van der Waals surface area contributed by atoms with Gasteiger partial charge in [0.1, 0.15) is 5.82 Å². The smallest absolute Gasteiger partial charge is 0.260 e. The Morgan fingerprint density at radius 2 is 2.00 bits per heavy atom. The number of hydrogen-bond donors (Lipinski definition) is 0. The predicted octanol–water partition coefficient (Wildman–Crippen LogP) is 3.25. The van der Waals surface area contributed by atoms with E-state index in [-0.39, 0.29) is 5.91 Å². The molecule has 2 saturated heterocycles. The number of carbonyl (C=O) groups excluding carboxylic acids is 1. The summed E-state index contributed by atoms with van der Waals surface area (Å²) >= 11 is 0. The highest BCUT2D eigenvalue weighted by atomic mass is 16.5. The lowest BCUT2D eigenvalue weighted by molar-refractivity contribution is -0.158. The lowest BCUT2D eigenvalue weighted by Gasteiger charge is -2.42. The van der Waals surface area contributed by atoms with Crippen LogP contribution in [0.15, 0.2) is 42.7 Å². The Bertz CT molecular complexity index is 804. The highest BCUT2D eigenvalue weighted by Crippen LogP contribution is 2.32. The SMILES string of the molecule is CC(C)n1ccnc1CN1CCOC2(CCCCN(c3ccccc3)C2=O)C1. The first-order valence-corrected chi connectivity index (χ1v) is 10.3. The van der Waals surface area contributed by atoms with E-state index in [1.807, 2.05) is 47.6 Å². The Hall–Kier alpha value is -2.18. The number of aromatic nitrogens is 2.